The summed E-state index contributed by atoms with van der Waals surface area (Å²) >= 11 is 1.79. The molecule has 4 heteroatoms. The van der Waals surface area contributed by atoms with Gasteiger partial charge in [0.2, 0.25) is 5.91 Å². The topological polar surface area (TPSA) is 41.1 Å². The molecule has 17 heavy (non-hydrogen) atoms. The Morgan fingerprint density at radius 3 is 2.59 bits per heavy atom. The maximum absolute atomic E-state index is 11.9. The summed E-state index contributed by atoms with van der Waals surface area (Å²) in [6.45, 7) is 7.90. The molecule has 0 spiro atoms. The Balaban J connectivity index is 2.50. The number of carbonyl (C=O) groups excluding carboxylic acids is 1. The van der Waals surface area contributed by atoms with Crippen LogP contribution in [-0.4, -0.2) is 24.5 Å². The van der Waals surface area contributed by atoms with E-state index in [0.717, 1.165) is 6.42 Å². The molecule has 0 fully saturated rings. The number of likely N-dealkylation sites (N-methyl/N-ethyl adjacent to an activating group) is 1. The number of carbonyl (C=O) groups is 1. The predicted molar refractivity (Wildman–Crippen MR) is 73.5 cm³/mol. The number of aryl methyl sites for hydroxylation is 1. The highest BCUT2D eigenvalue weighted by atomic mass is 32.1. The molecule has 0 aromatic carbocycles. The largest absolute Gasteiger partial charge is 0.352 e. The van der Waals surface area contributed by atoms with Gasteiger partial charge in [-0.2, -0.15) is 0 Å². The fraction of sp³-hybridized carbons (Fsp3) is 0.615. The minimum atomic E-state index is -0.514. The summed E-state index contributed by atoms with van der Waals surface area (Å²) < 4.78 is 0. The van der Waals surface area contributed by atoms with Crippen molar-refractivity contribution in [1.82, 2.24) is 10.6 Å². The van der Waals surface area contributed by atoms with Crippen molar-refractivity contribution < 1.29 is 4.79 Å². The van der Waals surface area contributed by atoms with Gasteiger partial charge in [0.05, 0.1) is 5.54 Å². The van der Waals surface area contributed by atoms with Gasteiger partial charge in [0.25, 0.3) is 0 Å². The van der Waals surface area contributed by atoms with Crippen LogP contribution in [0.4, 0.5) is 0 Å². The van der Waals surface area contributed by atoms with Gasteiger partial charge in [-0.05, 0) is 46.9 Å². The highest BCUT2D eigenvalue weighted by Gasteiger charge is 2.26. The maximum atomic E-state index is 11.9. The molecule has 0 bridgehead atoms. The first kappa shape index (κ1) is 14.2. The number of thiophene rings is 1. The Morgan fingerprint density at radius 1 is 1.47 bits per heavy atom. The average molecular weight is 254 g/mol. The van der Waals surface area contributed by atoms with Gasteiger partial charge in [0, 0.05) is 22.2 Å². The van der Waals surface area contributed by atoms with Crippen LogP contribution in [-0.2, 0) is 11.2 Å². The van der Waals surface area contributed by atoms with E-state index >= 15 is 0 Å². The Hall–Kier alpha value is -0.870. The quantitative estimate of drug-likeness (QED) is 0.845. The molecule has 1 heterocycles. The number of hydrogen-bond donors (Lipinski definition) is 2. The first-order valence-electron chi connectivity index (χ1n) is 5.90. The van der Waals surface area contributed by atoms with Crippen LogP contribution in [0.25, 0.3) is 0 Å². The Morgan fingerprint density at radius 2 is 2.12 bits per heavy atom. The molecule has 1 rings (SSSR count). The second kappa shape index (κ2) is 5.65. The van der Waals surface area contributed by atoms with Gasteiger partial charge >= 0.3 is 0 Å². The van der Waals surface area contributed by atoms with Crippen molar-refractivity contribution in [3.63, 3.8) is 0 Å². The molecule has 3 nitrogen and oxygen atoms in total. The number of hydrogen-bond acceptors (Lipinski definition) is 3. The highest BCUT2D eigenvalue weighted by Crippen LogP contribution is 2.16. The fourth-order valence-electron chi connectivity index (χ4n) is 1.47. The van der Waals surface area contributed by atoms with Crippen molar-refractivity contribution in [1.29, 1.82) is 0 Å². The molecule has 0 saturated carbocycles. The van der Waals surface area contributed by atoms with Crippen LogP contribution >= 0.6 is 11.3 Å². The molecule has 0 aliphatic heterocycles. The van der Waals surface area contributed by atoms with Crippen molar-refractivity contribution in [2.75, 3.05) is 7.05 Å². The highest BCUT2D eigenvalue weighted by molar-refractivity contribution is 7.11. The first-order chi connectivity index (χ1) is 7.85. The molecule has 0 aliphatic carbocycles. The van der Waals surface area contributed by atoms with Crippen molar-refractivity contribution in [3.8, 4) is 0 Å². The standard InChI is InChI=1S/C13H22N2OS/c1-9(8-11-7-6-10(2)17-11)15-12(16)13(3,4)14-5/h6-7,9,14H,8H2,1-5H3,(H,15,16). The molecule has 0 aliphatic rings. The second-order valence-electron chi connectivity index (χ2n) is 4.97. The molecular weight excluding hydrogens is 232 g/mol. The number of amides is 1. The minimum absolute atomic E-state index is 0.0424. The van der Waals surface area contributed by atoms with Gasteiger partial charge in [-0.15, -0.1) is 11.3 Å². The monoisotopic (exact) mass is 254 g/mol. The van der Waals surface area contributed by atoms with Crippen LogP contribution in [0.3, 0.4) is 0 Å². The van der Waals surface area contributed by atoms with Gasteiger partial charge in [0.15, 0.2) is 0 Å². The van der Waals surface area contributed by atoms with E-state index in [1.165, 1.54) is 9.75 Å². The summed E-state index contributed by atoms with van der Waals surface area (Å²) in [5, 5.41) is 6.04. The van der Waals surface area contributed by atoms with Gasteiger partial charge in [-0.3, -0.25) is 4.79 Å². The lowest BCUT2D eigenvalue weighted by molar-refractivity contribution is -0.126. The van der Waals surface area contributed by atoms with Crippen LogP contribution < -0.4 is 10.6 Å². The summed E-state index contributed by atoms with van der Waals surface area (Å²) in [5.74, 6) is 0.0424. The zero-order chi connectivity index (χ0) is 13.1. The van der Waals surface area contributed by atoms with Crippen LogP contribution in [0, 0.1) is 6.92 Å². The lowest BCUT2D eigenvalue weighted by Gasteiger charge is -2.25. The molecule has 2 N–H and O–H groups in total. The van der Waals surface area contributed by atoms with Crippen molar-refractivity contribution in [2.45, 2.75) is 45.7 Å². The fourth-order valence-corrected chi connectivity index (χ4v) is 2.48. The SMILES string of the molecule is CNC(C)(C)C(=O)NC(C)Cc1ccc(C)s1. The summed E-state index contributed by atoms with van der Waals surface area (Å²) in [4.78, 5) is 14.6. The van der Waals surface area contributed by atoms with E-state index in [1.54, 1.807) is 18.4 Å². The van der Waals surface area contributed by atoms with Gasteiger partial charge in [0.1, 0.15) is 0 Å². The van der Waals surface area contributed by atoms with Crippen molar-refractivity contribution in [2.24, 2.45) is 0 Å². The maximum Gasteiger partial charge on any atom is 0.239 e. The van der Waals surface area contributed by atoms with E-state index in [1.807, 2.05) is 20.8 Å². The normalized spacial score (nSPS) is 13.5. The Bertz CT molecular complexity index is 385. The van der Waals surface area contributed by atoms with Crippen molar-refractivity contribution in [3.05, 3.63) is 21.9 Å². The van der Waals surface area contributed by atoms with E-state index in [9.17, 15) is 4.79 Å². The van der Waals surface area contributed by atoms with Crippen molar-refractivity contribution >= 4 is 17.2 Å². The smallest absolute Gasteiger partial charge is 0.239 e. The molecule has 1 aromatic rings. The minimum Gasteiger partial charge on any atom is -0.352 e. The van der Waals surface area contributed by atoms with Gasteiger partial charge in [-0.1, -0.05) is 0 Å². The molecule has 0 radical (unpaired) electrons. The van der Waals surface area contributed by atoms with Crippen LogP contribution in [0.1, 0.15) is 30.5 Å². The molecule has 1 aromatic heterocycles. The molecule has 1 unspecified atom stereocenters. The van der Waals surface area contributed by atoms with E-state index in [0.29, 0.717) is 0 Å². The molecule has 1 atom stereocenters. The number of rotatable bonds is 5. The summed E-state index contributed by atoms with van der Waals surface area (Å²) in [5.41, 5.74) is -0.514. The van der Waals surface area contributed by atoms with E-state index in [2.05, 4.69) is 29.7 Å². The first-order valence-corrected chi connectivity index (χ1v) is 6.72. The molecular formula is C13H22N2OS. The van der Waals surface area contributed by atoms with E-state index < -0.39 is 5.54 Å². The zero-order valence-corrected chi connectivity index (χ0v) is 12.1. The summed E-state index contributed by atoms with van der Waals surface area (Å²) in [6, 6.07) is 4.41. The molecule has 1 amide bonds. The van der Waals surface area contributed by atoms with Gasteiger partial charge in [-0.25, -0.2) is 0 Å². The van der Waals surface area contributed by atoms with E-state index in [4.69, 9.17) is 0 Å². The lowest BCUT2D eigenvalue weighted by Crippen LogP contribution is -2.53. The van der Waals surface area contributed by atoms with E-state index in [-0.39, 0.29) is 11.9 Å². The zero-order valence-electron chi connectivity index (χ0n) is 11.3. The second-order valence-corrected chi connectivity index (χ2v) is 6.34. The Labute approximate surface area is 108 Å². The molecule has 96 valence electrons. The third-order valence-corrected chi connectivity index (χ3v) is 3.90. The Kier molecular flexibility index (Phi) is 4.71. The third kappa shape index (κ3) is 4.13. The molecule has 0 saturated heterocycles. The summed E-state index contributed by atoms with van der Waals surface area (Å²) in [7, 11) is 1.80. The average Bonchev–Trinajstić information content (AvgIpc) is 2.63. The van der Waals surface area contributed by atoms with Gasteiger partial charge < -0.3 is 10.6 Å². The predicted octanol–water partition coefficient (Wildman–Crippen LogP) is 2.10. The lowest BCUT2D eigenvalue weighted by atomic mass is 10.0. The van der Waals surface area contributed by atoms with Crippen LogP contribution in [0.5, 0.6) is 0 Å². The summed E-state index contributed by atoms with van der Waals surface area (Å²) in [6.07, 6.45) is 0.893. The van der Waals surface area contributed by atoms with Crippen LogP contribution in [0.2, 0.25) is 0 Å². The van der Waals surface area contributed by atoms with Crippen LogP contribution in [0.15, 0.2) is 12.1 Å². The third-order valence-electron chi connectivity index (χ3n) is 2.87. The number of nitrogens with one attached hydrogen (secondary N) is 2.